The van der Waals surface area contributed by atoms with Crippen molar-refractivity contribution in [2.45, 2.75) is 6.43 Å². The number of anilines is 1. The van der Waals surface area contributed by atoms with Crippen LogP contribution in [0.1, 0.15) is 22.3 Å². The molecule has 70 valence electrons. The fourth-order valence-corrected chi connectivity index (χ4v) is 0.906. The monoisotopic (exact) mass is 188 g/mol. The van der Waals surface area contributed by atoms with E-state index >= 15 is 0 Å². The average molecular weight is 188 g/mol. The zero-order valence-corrected chi connectivity index (χ0v) is 6.37. The Morgan fingerprint density at radius 3 is 2.54 bits per heavy atom. The number of aromatic carboxylic acids is 1. The van der Waals surface area contributed by atoms with Gasteiger partial charge in [0, 0.05) is 6.20 Å². The van der Waals surface area contributed by atoms with Gasteiger partial charge in [0.2, 0.25) is 0 Å². The zero-order valence-electron chi connectivity index (χ0n) is 6.37. The van der Waals surface area contributed by atoms with E-state index in [0.717, 1.165) is 12.4 Å². The van der Waals surface area contributed by atoms with E-state index in [1.165, 1.54) is 0 Å². The number of aromatic nitrogens is 1. The molecule has 0 amide bonds. The Morgan fingerprint density at radius 2 is 2.15 bits per heavy atom. The first-order chi connectivity index (χ1) is 6.04. The highest BCUT2D eigenvalue weighted by Crippen LogP contribution is 2.25. The van der Waals surface area contributed by atoms with Crippen LogP contribution in [0.25, 0.3) is 0 Å². The molecule has 0 unspecified atom stereocenters. The quantitative estimate of drug-likeness (QED) is 0.733. The number of nitrogen functional groups attached to an aromatic ring is 1. The number of hydrogen-bond donors (Lipinski definition) is 2. The van der Waals surface area contributed by atoms with E-state index in [-0.39, 0.29) is 5.69 Å². The summed E-state index contributed by atoms with van der Waals surface area (Å²) in [5, 5.41) is 8.55. The van der Waals surface area contributed by atoms with Crippen molar-refractivity contribution in [1.29, 1.82) is 0 Å². The SMILES string of the molecule is Nc1cncc(C(F)F)c1C(=O)O. The molecule has 1 aromatic heterocycles. The highest BCUT2D eigenvalue weighted by molar-refractivity contribution is 5.95. The average Bonchev–Trinajstić information content (AvgIpc) is 2.02. The van der Waals surface area contributed by atoms with E-state index in [0.29, 0.717) is 0 Å². The van der Waals surface area contributed by atoms with Crippen LogP contribution in [0, 0.1) is 0 Å². The first-order valence-electron chi connectivity index (χ1n) is 3.29. The molecule has 3 N–H and O–H groups in total. The molecule has 0 spiro atoms. The van der Waals surface area contributed by atoms with Gasteiger partial charge in [0.1, 0.15) is 0 Å². The van der Waals surface area contributed by atoms with Crippen molar-refractivity contribution in [3.63, 3.8) is 0 Å². The van der Waals surface area contributed by atoms with E-state index < -0.39 is 23.5 Å². The van der Waals surface area contributed by atoms with Crippen LogP contribution in [0.4, 0.5) is 14.5 Å². The maximum absolute atomic E-state index is 12.2. The number of carboxylic acids is 1. The zero-order chi connectivity index (χ0) is 10.0. The predicted molar refractivity (Wildman–Crippen MR) is 40.6 cm³/mol. The Kier molecular flexibility index (Phi) is 2.41. The summed E-state index contributed by atoms with van der Waals surface area (Å²) in [4.78, 5) is 13.9. The molecular weight excluding hydrogens is 182 g/mol. The van der Waals surface area contributed by atoms with Gasteiger partial charge in [0.05, 0.1) is 23.0 Å². The molecule has 1 aromatic rings. The highest BCUT2D eigenvalue weighted by Gasteiger charge is 2.20. The van der Waals surface area contributed by atoms with Crippen molar-refractivity contribution < 1.29 is 18.7 Å². The summed E-state index contributed by atoms with van der Waals surface area (Å²) in [5.74, 6) is -1.48. The highest BCUT2D eigenvalue weighted by atomic mass is 19.3. The van der Waals surface area contributed by atoms with Gasteiger partial charge in [0.25, 0.3) is 6.43 Å². The number of carboxylic acid groups (broad SMARTS) is 1. The molecule has 6 heteroatoms. The number of nitrogens with two attached hydrogens (primary N) is 1. The lowest BCUT2D eigenvalue weighted by Gasteiger charge is -2.05. The van der Waals surface area contributed by atoms with Crippen molar-refractivity contribution in [3.8, 4) is 0 Å². The molecule has 0 radical (unpaired) electrons. The van der Waals surface area contributed by atoms with Crippen LogP contribution >= 0.6 is 0 Å². The van der Waals surface area contributed by atoms with Crippen LogP contribution < -0.4 is 5.73 Å². The Balaban J connectivity index is 3.34. The van der Waals surface area contributed by atoms with Crippen molar-refractivity contribution in [2.75, 3.05) is 5.73 Å². The Morgan fingerprint density at radius 1 is 1.54 bits per heavy atom. The molecule has 0 atom stereocenters. The van der Waals surface area contributed by atoms with E-state index in [1.54, 1.807) is 0 Å². The lowest BCUT2D eigenvalue weighted by atomic mass is 10.1. The van der Waals surface area contributed by atoms with E-state index in [9.17, 15) is 13.6 Å². The summed E-state index contributed by atoms with van der Waals surface area (Å²) in [6.07, 6.45) is -1.07. The molecule has 0 saturated heterocycles. The molecule has 0 saturated carbocycles. The smallest absolute Gasteiger partial charge is 0.338 e. The minimum atomic E-state index is -2.89. The molecule has 1 rings (SSSR count). The fourth-order valence-electron chi connectivity index (χ4n) is 0.906. The molecule has 13 heavy (non-hydrogen) atoms. The van der Waals surface area contributed by atoms with Gasteiger partial charge in [-0.3, -0.25) is 4.98 Å². The van der Waals surface area contributed by atoms with E-state index in [4.69, 9.17) is 10.8 Å². The molecule has 0 aliphatic heterocycles. The van der Waals surface area contributed by atoms with Crippen molar-refractivity contribution >= 4 is 11.7 Å². The minimum absolute atomic E-state index is 0.259. The lowest BCUT2D eigenvalue weighted by molar-refractivity contribution is 0.0685. The minimum Gasteiger partial charge on any atom is -0.478 e. The Bertz CT molecular complexity index is 341. The van der Waals surface area contributed by atoms with E-state index in [2.05, 4.69) is 4.98 Å². The second-order valence-corrected chi connectivity index (χ2v) is 2.30. The number of alkyl halides is 2. The van der Waals surface area contributed by atoms with Crippen LogP contribution in [0.3, 0.4) is 0 Å². The number of carbonyl (C=O) groups is 1. The number of nitrogens with zero attached hydrogens (tertiary/aromatic N) is 1. The summed E-state index contributed by atoms with van der Waals surface area (Å²) in [6.45, 7) is 0. The molecule has 0 aliphatic rings. The van der Waals surface area contributed by atoms with Gasteiger partial charge < -0.3 is 10.8 Å². The maximum Gasteiger partial charge on any atom is 0.338 e. The largest absolute Gasteiger partial charge is 0.478 e. The van der Waals surface area contributed by atoms with Crippen LogP contribution in [0.15, 0.2) is 12.4 Å². The summed E-state index contributed by atoms with van der Waals surface area (Å²) in [5.41, 5.74) is 3.69. The summed E-state index contributed by atoms with van der Waals surface area (Å²) >= 11 is 0. The van der Waals surface area contributed by atoms with Gasteiger partial charge in [-0.2, -0.15) is 0 Å². The first kappa shape index (κ1) is 9.37. The summed E-state index contributed by atoms with van der Waals surface area (Å²) in [6, 6.07) is 0. The predicted octanol–water partition coefficient (Wildman–Crippen LogP) is 1.30. The molecule has 0 aliphatic carbocycles. The van der Waals surface area contributed by atoms with Crippen LogP contribution in [0.2, 0.25) is 0 Å². The molecule has 0 fully saturated rings. The van der Waals surface area contributed by atoms with E-state index in [1.807, 2.05) is 0 Å². The first-order valence-corrected chi connectivity index (χ1v) is 3.29. The number of rotatable bonds is 2. The summed E-state index contributed by atoms with van der Waals surface area (Å²) in [7, 11) is 0. The number of hydrogen-bond acceptors (Lipinski definition) is 3. The van der Waals surface area contributed by atoms with Crippen molar-refractivity contribution in [1.82, 2.24) is 4.98 Å². The van der Waals surface area contributed by atoms with Gasteiger partial charge in [-0.15, -0.1) is 0 Å². The third-order valence-corrected chi connectivity index (χ3v) is 1.45. The second kappa shape index (κ2) is 3.34. The van der Waals surface area contributed by atoms with Gasteiger partial charge in [0.15, 0.2) is 0 Å². The van der Waals surface area contributed by atoms with Crippen molar-refractivity contribution in [2.24, 2.45) is 0 Å². The molecule has 0 aromatic carbocycles. The standard InChI is InChI=1S/C7H6F2N2O2/c8-6(9)3-1-11-2-4(10)5(3)7(12)13/h1-2,6H,10H2,(H,12,13). The van der Waals surface area contributed by atoms with Gasteiger partial charge >= 0.3 is 5.97 Å². The van der Waals surface area contributed by atoms with Gasteiger partial charge in [-0.25, -0.2) is 13.6 Å². The topological polar surface area (TPSA) is 76.2 Å². The maximum atomic E-state index is 12.2. The Labute approximate surface area is 72.0 Å². The number of halogens is 2. The third-order valence-electron chi connectivity index (χ3n) is 1.45. The Hall–Kier alpha value is -1.72. The van der Waals surface area contributed by atoms with Crippen LogP contribution in [-0.4, -0.2) is 16.1 Å². The summed E-state index contributed by atoms with van der Waals surface area (Å²) < 4.78 is 24.4. The molecular formula is C7H6F2N2O2. The number of pyridine rings is 1. The van der Waals surface area contributed by atoms with Gasteiger partial charge in [-0.05, 0) is 0 Å². The van der Waals surface area contributed by atoms with Crippen molar-refractivity contribution in [3.05, 3.63) is 23.5 Å². The molecule has 0 bridgehead atoms. The van der Waals surface area contributed by atoms with Crippen LogP contribution in [0.5, 0.6) is 0 Å². The van der Waals surface area contributed by atoms with Gasteiger partial charge in [-0.1, -0.05) is 0 Å². The molecule has 1 heterocycles. The lowest BCUT2D eigenvalue weighted by Crippen LogP contribution is -2.08. The second-order valence-electron chi connectivity index (χ2n) is 2.30. The van der Waals surface area contributed by atoms with Crippen LogP contribution in [-0.2, 0) is 0 Å². The third kappa shape index (κ3) is 1.71. The molecule has 4 nitrogen and oxygen atoms in total. The normalized spacial score (nSPS) is 10.4. The fraction of sp³-hybridized carbons (Fsp3) is 0.143.